The van der Waals surface area contributed by atoms with E-state index < -0.39 is 6.10 Å². The van der Waals surface area contributed by atoms with E-state index in [1.54, 1.807) is 33.5 Å². The maximum atomic E-state index is 10.6. The zero-order valence-corrected chi connectivity index (χ0v) is 15.6. The number of hydrogen-bond donors (Lipinski definition) is 1. The molecule has 2 aromatic rings. The zero-order valence-electron chi connectivity index (χ0n) is 11.6. The van der Waals surface area contributed by atoms with Crippen LogP contribution in [0.1, 0.15) is 16.5 Å². The Morgan fingerprint density at radius 3 is 2.00 bits per heavy atom. The van der Waals surface area contributed by atoms with Crippen LogP contribution in [-0.2, 0) is 0 Å². The molecule has 7 heteroatoms. The molecule has 0 saturated heterocycles. The van der Waals surface area contributed by atoms with Crippen LogP contribution in [0.5, 0.6) is 17.2 Å². The summed E-state index contributed by atoms with van der Waals surface area (Å²) in [6.07, 6.45) is -0.813. The van der Waals surface area contributed by atoms with Gasteiger partial charge in [-0.2, -0.15) is 0 Å². The normalized spacial score (nSPS) is 12.1. The molecule has 0 spiro atoms. The predicted octanol–water partition coefficient (Wildman–Crippen LogP) is 4.38. The van der Waals surface area contributed by atoms with E-state index in [2.05, 4.69) is 31.9 Å². The molecule has 0 aliphatic carbocycles. The average Bonchev–Trinajstić information content (AvgIpc) is 2.84. The van der Waals surface area contributed by atoms with Crippen LogP contribution in [0.2, 0.25) is 0 Å². The molecular formula is C14H14Br2O4S. The van der Waals surface area contributed by atoms with Gasteiger partial charge in [0.15, 0.2) is 11.5 Å². The molecule has 1 aromatic carbocycles. The quantitative estimate of drug-likeness (QED) is 0.753. The van der Waals surface area contributed by atoms with Gasteiger partial charge in [0.25, 0.3) is 0 Å². The van der Waals surface area contributed by atoms with Crippen LogP contribution in [0.25, 0.3) is 0 Å². The van der Waals surface area contributed by atoms with Crippen LogP contribution in [0.15, 0.2) is 26.5 Å². The molecule has 0 aliphatic heterocycles. The largest absolute Gasteiger partial charge is 0.496 e. The summed E-state index contributed by atoms with van der Waals surface area (Å²) in [5.74, 6) is 1.64. The van der Waals surface area contributed by atoms with Gasteiger partial charge in [-0.05, 0) is 44.0 Å². The highest BCUT2D eigenvalue weighted by atomic mass is 79.9. The summed E-state index contributed by atoms with van der Waals surface area (Å²) in [4.78, 5) is 0.791. The molecule has 1 unspecified atom stereocenters. The van der Waals surface area contributed by atoms with Gasteiger partial charge in [0.05, 0.1) is 25.1 Å². The average molecular weight is 438 g/mol. The lowest BCUT2D eigenvalue weighted by Crippen LogP contribution is -2.02. The van der Waals surface area contributed by atoms with E-state index in [4.69, 9.17) is 14.2 Å². The first-order valence-electron chi connectivity index (χ1n) is 5.94. The summed E-state index contributed by atoms with van der Waals surface area (Å²) in [5, 5.41) is 10.6. The molecule has 114 valence electrons. The monoisotopic (exact) mass is 436 g/mol. The fourth-order valence-electron chi connectivity index (χ4n) is 1.92. The number of halogens is 2. The van der Waals surface area contributed by atoms with Crippen molar-refractivity contribution in [2.75, 3.05) is 21.3 Å². The number of aliphatic hydroxyl groups excluding tert-OH is 1. The molecule has 0 saturated carbocycles. The summed E-state index contributed by atoms with van der Waals surface area (Å²) < 4.78 is 17.7. The minimum atomic E-state index is -0.813. The number of ether oxygens (including phenoxy) is 3. The molecule has 21 heavy (non-hydrogen) atoms. The van der Waals surface area contributed by atoms with Gasteiger partial charge in [-0.1, -0.05) is 0 Å². The Balaban J connectivity index is 2.50. The molecule has 1 aromatic heterocycles. The van der Waals surface area contributed by atoms with Crippen molar-refractivity contribution >= 4 is 43.2 Å². The van der Waals surface area contributed by atoms with Crippen LogP contribution in [-0.4, -0.2) is 26.4 Å². The van der Waals surface area contributed by atoms with Gasteiger partial charge in [-0.3, -0.25) is 0 Å². The van der Waals surface area contributed by atoms with E-state index in [0.717, 1.165) is 13.1 Å². The van der Waals surface area contributed by atoms with E-state index >= 15 is 0 Å². The predicted molar refractivity (Wildman–Crippen MR) is 89.9 cm³/mol. The number of rotatable bonds is 5. The first-order valence-corrected chi connectivity index (χ1v) is 8.34. The van der Waals surface area contributed by atoms with Gasteiger partial charge in [0, 0.05) is 21.0 Å². The van der Waals surface area contributed by atoms with Gasteiger partial charge in [0.2, 0.25) is 0 Å². The summed E-state index contributed by atoms with van der Waals surface area (Å²) in [5.41, 5.74) is 0.622. The lowest BCUT2D eigenvalue weighted by atomic mass is 10.1. The molecule has 0 bridgehead atoms. The molecule has 0 amide bonds. The van der Waals surface area contributed by atoms with E-state index in [-0.39, 0.29) is 0 Å². The maximum Gasteiger partial charge on any atom is 0.164 e. The third kappa shape index (κ3) is 3.36. The van der Waals surface area contributed by atoms with Crippen LogP contribution in [0.3, 0.4) is 0 Å². The van der Waals surface area contributed by atoms with Gasteiger partial charge < -0.3 is 19.3 Å². The van der Waals surface area contributed by atoms with Crippen molar-refractivity contribution < 1.29 is 19.3 Å². The number of aliphatic hydroxyl groups is 1. The smallest absolute Gasteiger partial charge is 0.164 e. The Hall–Kier alpha value is -0.760. The van der Waals surface area contributed by atoms with Gasteiger partial charge in [0.1, 0.15) is 11.9 Å². The maximum absolute atomic E-state index is 10.6. The fraction of sp³-hybridized carbons (Fsp3) is 0.286. The van der Waals surface area contributed by atoms with Crippen molar-refractivity contribution in [1.82, 2.24) is 0 Å². The van der Waals surface area contributed by atoms with Crippen molar-refractivity contribution in [2.24, 2.45) is 0 Å². The Kier molecular flexibility index (Phi) is 5.54. The first-order chi connectivity index (χ1) is 10.0. The lowest BCUT2D eigenvalue weighted by Gasteiger charge is -2.17. The van der Waals surface area contributed by atoms with Crippen molar-refractivity contribution in [3.05, 3.63) is 36.9 Å². The van der Waals surface area contributed by atoms with Crippen LogP contribution < -0.4 is 14.2 Å². The van der Waals surface area contributed by atoms with E-state index in [1.807, 2.05) is 6.07 Å². The van der Waals surface area contributed by atoms with Crippen molar-refractivity contribution in [1.29, 1.82) is 0 Å². The second kappa shape index (κ2) is 7.00. The van der Waals surface area contributed by atoms with E-state index in [0.29, 0.717) is 22.8 Å². The molecule has 0 aliphatic rings. The van der Waals surface area contributed by atoms with Gasteiger partial charge in [-0.25, -0.2) is 0 Å². The van der Waals surface area contributed by atoms with Gasteiger partial charge in [-0.15, -0.1) is 11.3 Å². The Morgan fingerprint density at radius 1 is 0.952 bits per heavy atom. The van der Waals surface area contributed by atoms with E-state index in [9.17, 15) is 5.11 Å². The third-order valence-corrected chi connectivity index (χ3v) is 6.27. The molecule has 1 atom stereocenters. The van der Waals surface area contributed by atoms with E-state index in [1.165, 1.54) is 11.3 Å². The SMILES string of the molecule is COc1cc(OC)c(C(O)c2cc(Br)c(Br)s2)cc1OC. The molecule has 0 radical (unpaired) electrons. The summed E-state index contributed by atoms with van der Waals surface area (Å²) in [7, 11) is 4.66. The minimum absolute atomic E-state index is 0.542. The number of hydrogen-bond acceptors (Lipinski definition) is 5. The molecule has 1 N–H and O–H groups in total. The third-order valence-electron chi connectivity index (χ3n) is 2.96. The van der Waals surface area contributed by atoms with Crippen molar-refractivity contribution in [3.63, 3.8) is 0 Å². The van der Waals surface area contributed by atoms with Crippen LogP contribution in [0.4, 0.5) is 0 Å². The highest BCUT2D eigenvalue weighted by Gasteiger charge is 2.22. The molecule has 2 rings (SSSR count). The zero-order chi connectivity index (χ0) is 15.6. The van der Waals surface area contributed by atoms with Crippen LogP contribution >= 0.6 is 43.2 Å². The highest BCUT2D eigenvalue weighted by molar-refractivity contribution is 9.13. The highest BCUT2D eigenvalue weighted by Crippen LogP contribution is 2.43. The standard InChI is InChI=1S/C14H14Br2O4S/c1-18-9-6-11(20-3)10(19-2)4-7(9)13(17)12-5-8(15)14(16)21-12/h4-6,13,17H,1-3H3. The number of thiophene rings is 1. The molecule has 1 heterocycles. The minimum Gasteiger partial charge on any atom is -0.496 e. The topological polar surface area (TPSA) is 47.9 Å². The first kappa shape index (κ1) is 16.6. The van der Waals surface area contributed by atoms with Gasteiger partial charge >= 0.3 is 0 Å². The summed E-state index contributed by atoms with van der Waals surface area (Å²) in [6, 6.07) is 5.30. The second-order valence-corrected chi connectivity index (χ2v) is 7.38. The van der Waals surface area contributed by atoms with Crippen LogP contribution in [0, 0.1) is 0 Å². The Labute approximate surface area is 143 Å². The lowest BCUT2D eigenvalue weighted by molar-refractivity contribution is 0.217. The van der Waals surface area contributed by atoms with Crippen molar-refractivity contribution in [3.8, 4) is 17.2 Å². The molecular weight excluding hydrogens is 424 g/mol. The number of benzene rings is 1. The second-order valence-electron chi connectivity index (χ2n) is 4.12. The summed E-state index contributed by atoms with van der Waals surface area (Å²) >= 11 is 8.30. The Bertz CT molecular complexity index is 623. The molecule has 0 fully saturated rings. The number of methoxy groups -OCH3 is 3. The molecule has 4 nitrogen and oxygen atoms in total. The fourth-order valence-corrected chi connectivity index (χ4v) is 4.01. The van der Waals surface area contributed by atoms with Crippen molar-refractivity contribution in [2.45, 2.75) is 6.10 Å². The summed E-state index contributed by atoms with van der Waals surface area (Å²) in [6.45, 7) is 0. The Morgan fingerprint density at radius 2 is 1.52 bits per heavy atom.